The lowest BCUT2D eigenvalue weighted by atomic mass is 10.1. The number of carbonyl (C=O) groups is 2. The van der Waals surface area contributed by atoms with Crippen LogP contribution in [0.25, 0.3) is 0 Å². The highest BCUT2D eigenvalue weighted by Gasteiger charge is 2.34. The van der Waals surface area contributed by atoms with Gasteiger partial charge in [0.1, 0.15) is 5.82 Å². The molecule has 2 aliphatic rings. The Kier molecular flexibility index (Phi) is 5.27. The molecule has 26 heavy (non-hydrogen) atoms. The van der Waals surface area contributed by atoms with Gasteiger partial charge in [-0.15, -0.1) is 0 Å². The summed E-state index contributed by atoms with van der Waals surface area (Å²) in [7, 11) is 0. The second-order valence-corrected chi connectivity index (χ2v) is 6.81. The number of nitrogens with one attached hydrogen (secondary N) is 1. The van der Waals surface area contributed by atoms with E-state index in [1.54, 1.807) is 9.80 Å². The van der Waals surface area contributed by atoms with E-state index in [1.807, 2.05) is 0 Å². The van der Waals surface area contributed by atoms with Crippen LogP contribution in [0.2, 0.25) is 5.02 Å². The summed E-state index contributed by atoms with van der Waals surface area (Å²) in [5.74, 6) is -0.259. The van der Waals surface area contributed by atoms with Gasteiger partial charge in [-0.25, -0.2) is 4.98 Å². The number of rotatable bonds is 2. The topological polar surface area (TPSA) is 65.5 Å². The molecule has 1 N–H and O–H groups in total. The predicted octanol–water partition coefficient (Wildman–Crippen LogP) is 1.93. The highest BCUT2D eigenvalue weighted by atomic mass is 35.5. The quantitative estimate of drug-likeness (QED) is 0.838. The van der Waals surface area contributed by atoms with Crippen LogP contribution in [0.4, 0.5) is 19.0 Å². The second kappa shape index (κ2) is 7.30. The highest BCUT2D eigenvalue weighted by Crippen LogP contribution is 2.33. The van der Waals surface area contributed by atoms with Crippen molar-refractivity contribution in [1.82, 2.24) is 15.2 Å². The van der Waals surface area contributed by atoms with E-state index in [1.165, 1.54) is 0 Å². The molecule has 0 aromatic carbocycles. The molecule has 3 rings (SSSR count). The van der Waals surface area contributed by atoms with Crippen molar-refractivity contribution in [3.63, 3.8) is 0 Å². The molecule has 6 nitrogen and oxygen atoms in total. The maximum absolute atomic E-state index is 12.7. The Hall–Kier alpha value is -2.03. The number of hydrogen-bond acceptors (Lipinski definition) is 4. The molecule has 0 saturated carbocycles. The van der Waals surface area contributed by atoms with E-state index in [9.17, 15) is 22.8 Å². The lowest BCUT2D eigenvalue weighted by Crippen LogP contribution is -2.39. The molecule has 2 fully saturated rings. The van der Waals surface area contributed by atoms with Crippen LogP contribution < -0.4 is 10.2 Å². The van der Waals surface area contributed by atoms with Crippen molar-refractivity contribution in [3.8, 4) is 0 Å². The summed E-state index contributed by atoms with van der Waals surface area (Å²) in [5.41, 5.74) is -0.892. The highest BCUT2D eigenvalue weighted by molar-refractivity contribution is 6.33. The minimum Gasteiger partial charge on any atom is -0.355 e. The molecule has 0 radical (unpaired) electrons. The van der Waals surface area contributed by atoms with Crippen molar-refractivity contribution >= 4 is 29.2 Å². The summed E-state index contributed by atoms with van der Waals surface area (Å²) in [5, 5.41) is 2.58. The predicted molar refractivity (Wildman–Crippen MR) is 88.8 cm³/mol. The third-order valence-corrected chi connectivity index (χ3v) is 4.86. The molecule has 1 aromatic rings. The molecular weight excluding hydrogens is 373 g/mol. The maximum Gasteiger partial charge on any atom is 0.417 e. The van der Waals surface area contributed by atoms with Crippen molar-refractivity contribution < 1.29 is 22.8 Å². The van der Waals surface area contributed by atoms with Crippen molar-refractivity contribution in [2.45, 2.75) is 19.0 Å². The van der Waals surface area contributed by atoms with E-state index in [-0.39, 0.29) is 35.0 Å². The van der Waals surface area contributed by atoms with Gasteiger partial charge in [-0.1, -0.05) is 11.6 Å². The van der Waals surface area contributed by atoms with Gasteiger partial charge in [0.15, 0.2) is 0 Å². The van der Waals surface area contributed by atoms with Gasteiger partial charge < -0.3 is 15.1 Å². The minimum atomic E-state index is -4.50. The standard InChI is InChI=1S/C16H18ClF3N4O2/c17-12-7-11(16(18,19)20)9-22-14(12)23-2-1-3-24(5-4-23)15(26)10-6-13(25)21-8-10/h7,9-10H,1-6,8H2,(H,21,25). The molecule has 3 heterocycles. The minimum absolute atomic E-state index is 0.0646. The molecule has 0 spiro atoms. The molecule has 1 unspecified atom stereocenters. The number of carbonyl (C=O) groups excluding carboxylic acids is 2. The van der Waals surface area contributed by atoms with Gasteiger partial charge in [0, 0.05) is 45.3 Å². The van der Waals surface area contributed by atoms with E-state index in [0.717, 1.165) is 12.3 Å². The Morgan fingerprint density at radius 1 is 1.27 bits per heavy atom. The Bertz CT molecular complexity index is 713. The van der Waals surface area contributed by atoms with Gasteiger partial charge in [0.2, 0.25) is 11.8 Å². The second-order valence-electron chi connectivity index (χ2n) is 6.40. The number of hydrogen-bond donors (Lipinski definition) is 1. The molecule has 2 saturated heterocycles. The molecule has 1 aromatic heterocycles. The summed E-state index contributed by atoms with van der Waals surface area (Å²) >= 11 is 6.01. The van der Waals surface area contributed by atoms with Crippen LogP contribution in [0.15, 0.2) is 12.3 Å². The number of pyridine rings is 1. The van der Waals surface area contributed by atoms with Crippen LogP contribution in [0.5, 0.6) is 0 Å². The van der Waals surface area contributed by atoms with Gasteiger partial charge in [-0.2, -0.15) is 13.2 Å². The van der Waals surface area contributed by atoms with E-state index in [2.05, 4.69) is 10.3 Å². The number of halogens is 4. The average molecular weight is 391 g/mol. The van der Waals surface area contributed by atoms with Crippen LogP contribution in [-0.2, 0) is 15.8 Å². The summed E-state index contributed by atoms with van der Waals surface area (Å²) in [4.78, 5) is 31.2. The number of anilines is 1. The molecule has 0 aliphatic carbocycles. The fourth-order valence-corrected chi connectivity index (χ4v) is 3.49. The first-order valence-electron chi connectivity index (χ1n) is 8.29. The normalized spacial score (nSPS) is 21.5. The van der Waals surface area contributed by atoms with E-state index < -0.39 is 11.7 Å². The largest absolute Gasteiger partial charge is 0.417 e. The van der Waals surface area contributed by atoms with Crippen LogP contribution >= 0.6 is 11.6 Å². The van der Waals surface area contributed by atoms with Gasteiger partial charge in [-0.3, -0.25) is 9.59 Å². The molecule has 1 atom stereocenters. The van der Waals surface area contributed by atoms with Gasteiger partial charge in [0.05, 0.1) is 16.5 Å². The van der Waals surface area contributed by atoms with Crippen LogP contribution in [-0.4, -0.2) is 54.4 Å². The number of amides is 2. The van der Waals surface area contributed by atoms with Crippen molar-refractivity contribution in [3.05, 3.63) is 22.8 Å². The third-order valence-electron chi connectivity index (χ3n) is 4.58. The molecule has 0 bridgehead atoms. The molecule has 2 aliphatic heterocycles. The number of nitrogens with zero attached hydrogens (tertiary/aromatic N) is 3. The third kappa shape index (κ3) is 4.03. The molecule has 2 amide bonds. The first kappa shape index (κ1) is 18.8. The van der Waals surface area contributed by atoms with Crippen molar-refractivity contribution in [2.75, 3.05) is 37.6 Å². The molecule has 10 heteroatoms. The van der Waals surface area contributed by atoms with Gasteiger partial charge in [-0.05, 0) is 12.5 Å². The lowest BCUT2D eigenvalue weighted by Gasteiger charge is -2.25. The van der Waals surface area contributed by atoms with Crippen LogP contribution in [0.3, 0.4) is 0 Å². The first-order valence-corrected chi connectivity index (χ1v) is 8.66. The number of aromatic nitrogens is 1. The fourth-order valence-electron chi connectivity index (χ4n) is 3.21. The van der Waals surface area contributed by atoms with Crippen LogP contribution in [0.1, 0.15) is 18.4 Å². The van der Waals surface area contributed by atoms with E-state index >= 15 is 0 Å². The Balaban J connectivity index is 1.67. The Morgan fingerprint density at radius 2 is 2.04 bits per heavy atom. The Morgan fingerprint density at radius 3 is 2.65 bits per heavy atom. The lowest BCUT2D eigenvalue weighted by molar-refractivity contribution is -0.138. The summed E-state index contributed by atoms with van der Waals surface area (Å²) in [6, 6.07) is 0.869. The van der Waals surface area contributed by atoms with Crippen molar-refractivity contribution in [1.29, 1.82) is 0 Å². The zero-order valence-corrected chi connectivity index (χ0v) is 14.6. The summed E-state index contributed by atoms with van der Waals surface area (Å²) in [6.45, 7) is 2.23. The first-order chi connectivity index (χ1) is 12.3. The Labute approximate surface area is 153 Å². The van der Waals surface area contributed by atoms with Crippen LogP contribution in [0, 0.1) is 5.92 Å². The smallest absolute Gasteiger partial charge is 0.355 e. The monoisotopic (exact) mass is 390 g/mol. The maximum atomic E-state index is 12.7. The number of alkyl halides is 3. The SMILES string of the molecule is O=C1CC(C(=O)N2CCCN(c3ncc(C(F)(F)F)cc3Cl)CC2)CN1. The summed E-state index contributed by atoms with van der Waals surface area (Å²) < 4.78 is 38.2. The van der Waals surface area contributed by atoms with Gasteiger partial charge >= 0.3 is 6.18 Å². The van der Waals surface area contributed by atoms with Crippen molar-refractivity contribution in [2.24, 2.45) is 5.92 Å². The zero-order chi connectivity index (χ0) is 18.9. The molecular formula is C16H18ClF3N4O2. The van der Waals surface area contributed by atoms with Gasteiger partial charge in [0.25, 0.3) is 0 Å². The molecule has 142 valence electrons. The summed E-state index contributed by atoms with van der Waals surface area (Å²) in [6.07, 6.45) is -2.89. The zero-order valence-electron chi connectivity index (χ0n) is 13.9. The fraction of sp³-hybridized carbons (Fsp3) is 0.562. The van der Waals surface area contributed by atoms with E-state index in [0.29, 0.717) is 39.1 Å². The van der Waals surface area contributed by atoms with E-state index in [4.69, 9.17) is 11.6 Å². The average Bonchev–Trinajstić information content (AvgIpc) is 2.87.